The first-order valence-electron chi connectivity index (χ1n) is 6.88. The van der Waals surface area contributed by atoms with Crippen LogP contribution in [0.15, 0.2) is 23.0 Å². The number of amides is 1. The van der Waals surface area contributed by atoms with Crippen molar-refractivity contribution < 1.29 is 23.5 Å². The molecule has 1 heterocycles. The van der Waals surface area contributed by atoms with Gasteiger partial charge in [0.25, 0.3) is 0 Å². The summed E-state index contributed by atoms with van der Waals surface area (Å²) in [4.78, 5) is 23.9. The van der Waals surface area contributed by atoms with Crippen LogP contribution >= 0.6 is 0 Å². The van der Waals surface area contributed by atoms with E-state index in [9.17, 15) is 9.59 Å². The molecule has 6 nitrogen and oxygen atoms in total. The molecule has 21 heavy (non-hydrogen) atoms. The van der Waals surface area contributed by atoms with E-state index < -0.39 is 23.7 Å². The van der Waals surface area contributed by atoms with Gasteiger partial charge in [0.15, 0.2) is 0 Å². The summed E-state index contributed by atoms with van der Waals surface area (Å²) in [7, 11) is 0. The smallest absolute Gasteiger partial charge is 0.408 e. The number of alkyl carbamates (subject to hydrolysis) is 1. The molecule has 0 aliphatic rings. The van der Waals surface area contributed by atoms with Gasteiger partial charge in [0, 0.05) is 6.42 Å². The lowest BCUT2D eigenvalue weighted by atomic mass is 10.1. The zero-order valence-electron chi connectivity index (χ0n) is 13.1. The summed E-state index contributed by atoms with van der Waals surface area (Å²) in [5.74, 6) is -0.503. The number of carbonyl (C=O) groups is 2. The van der Waals surface area contributed by atoms with E-state index in [1.54, 1.807) is 40.7 Å². The van der Waals surface area contributed by atoms with Crippen molar-refractivity contribution in [2.75, 3.05) is 0 Å². The molecule has 0 unspecified atom stereocenters. The molecule has 1 rings (SSSR count). The molecule has 0 fully saturated rings. The molecule has 0 saturated heterocycles. The largest absolute Gasteiger partial charge is 0.472 e. The highest BCUT2D eigenvalue weighted by atomic mass is 16.6. The predicted octanol–water partition coefficient (Wildman–Crippen LogP) is 2.67. The van der Waals surface area contributed by atoms with Crippen LogP contribution in [0, 0.1) is 0 Å². The Morgan fingerprint density at radius 2 is 2.00 bits per heavy atom. The molecule has 118 valence electrons. The van der Waals surface area contributed by atoms with E-state index in [4.69, 9.17) is 13.9 Å². The summed E-state index contributed by atoms with van der Waals surface area (Å²) >= 11 is 0. The lowest BCUT2D eigenvalue weighted by Crippen LogP contribution is -2.46. The summed E-state index contributed by atoms with van der Waals surface area (Å²) in [6.07, 6.45) is 2.39. The quantitative estimate of drug-likeness (QED) is 0.845. The van der Waals surface area contributed by atoms with Crippen molar-refractivity contribution in [3.05, 3.63) is 24.2 Å². The summed E-state index contributed by atoms with van der Waals surface area (Å²) < 4.78 is 15.3. The highest BCUT2D eigenvalue weighted by Crippen LogP contribution is 2.10. The lowest BCUT2D eigenvalue weighted by Gasteiger charge is -2.23. The van der Waals surface area contributed by atoms with Crippen LogP contribution in [-0.2, 0) is 20.7 Å². The monoisotopic (exact) mass is 297 g/mol. The van der Waals surface area contributed by atoms with E-state index in [0.717, 1.165) is 5.56 Å². The molecule has 6 heteroatoms. The van der Waals surface area contributed by atoms with Gasteiger partial charge in [0.1, 0.15) is 11.6 Å². The summed E-state index contributed by atoms with van der Waals surface area (Å²) in [6.45, 7) is 8.76. The first-order chi connectivity index (χ1) is 9.67. The fourth-order valence-corrected chi connectivity index (χ4v) is 1.60. The average Bonchev–Trinajstić information content (AvgIpc) is 2.77. The summed E-state index contributed by atoms with van der Waals surface area (Å²) in [5, 5.41) is 2.54. The van der Waals surface area contributed by atoms with Crippen LogP contribution < -0.4 is 5.32 Å². The van der Waals surface area contributed by atoms with Gasteiger partial charge in [0.2, 0.25) is 0 Å². The predicted molar refractivity (Wildman–Crippen MR) is 76.8 cm³/mol. The van der Waals surface area contributed by atoms with Crippen molar-refractivity contribution in [2.45, 2.75) is 58.8 Å². The average molecular weight is 297 g/mol. The van der Waals surface area contributed by atoms with Crippen molar-refractivity contribution >= 4 is 12.1 Å². The van der Waals surface area contributed by atoms with E-state index in [1.165, 1.54) is 12.5 Å². The van der Waals surface area contributed by atoms with Crippen molar-refractivity contribution in [3.8, 4) is 0 Å². The maximum Gasteiger partial charge on any atom is 0.408 e. The number of rotatable bonds is 5. The standard InChI is InChI=1S/C15H23NO5/c1-10(2)20-13(17)12(8-11-6-7-19-9-11)16-14(18)21-15(3,4)5/h6-7,9-10,12H,8H2,1-5H3,(H,16,18)/t12-/m1/s1. The van der Waals surface area contributed by atoms with Crippen LogP contribution in [0.3, 0.4) is 0 Å². The minimum Gasteiger partial charge on any atom is -0.472 e. The van der Waals surface area contributed by atoms with E-state index in [1.807, 2.05) is 0 Å². The van der Waals surface area contributed by atoms with E-state index in [-0.39, 0.29) is 12.5 Å². The Bertz CT molecular complexity index is 459. The van der Waals surface area contributed by atoms with Gasteiger partial charge in [-0.05, 0) is 46.2 Å². The maximum atomic E-state index is 12.1. The van der Waals surface area contributed by atoms with Gasteiger partial charge < -0.3 is 19.2 Å². The number of esters is 1. The number of nitrogens with one attached hydrogen (secondary N) is 1. The number of ether oxygens (including phenoxy) is 2. The van der Waals surface area contributed by atoms with Crippen molar-refractivity contribution in [2.24, 2.45) is 0 Å². The Hall–Kier alpha value is -1.98. The second kappa shape index (κ2) is 7.15. The molecule has 0 aliphatic heterocycles. The minimum atomic E-state index is -0.820. The Morgan fingerprint density at radius 1 is 1.33 bits per heavy atom. The number of carbonyl (C=O) groups excluding carboxylic acids is 2. The molecule has 0 aromatic carbocycles. The fraction of sp³-hybridized carbons (Fsp3) is 0.600. The second-order valence-corrected chi connectivity index (χ2v) is 6.02. The molecule has 0 bridgehead atoms. The molecule has 1 aromatic rings. The van der Waals surface area contributed by atoms with Gasteiger partial charge in [-0.3, -0.25) is 0 Å². The summed E-state index contributed by atoms with van der Waals surface area (Å²) in [5.41, 5.74) is 0.156. The highest BCUT2D eigenvalue weighted by Gasteiger charge is 2.26. The topological polar surface area (TPSA) is 77.8 Å². The molecule has 0 saturated carbocycles. The normalized spacial score (nSPS) is 12.9. The van der Waals surface area contributed by atoms with Crippen LogP contribution in [0.2, 0.25) is 0 Å². The van der Waals surface area contributed by atoms with Crippen molar-refractivity contribution in [1.82, 2.24) is 5.32 Å². The second-order valence-electron chi connectivity index (χ2n) is 6.02. The molecular weight excluding hydrogens is 274 g/mol. The van der Waals surface area contributed by atoms with Crippen LogP contribution in [0.4, 0.5) is 4.79 Å². The summed E-state index contributed by atoms with van der Waals surface area (Å²) in [6, 6.07) is 0.909. The number of furan rings is 1. The molecule has 0 spiro atoms. The fourth-order valence-electron chi connectivity index (χ4n) is 1.60. The minimum absolute atomic E-state index is 0.259. The molecule has 0 aliphatic carbocycles. The Kier molecular flexibility index (Phi) is 5.81. The van der Waals surface area contributed by atoms with E-state index >= 15 is 0 Å². The molecule has 1 aromatic heterocycles. The first kappa shape index (κ1) is 17.1. The molecule has 1 atom stereocenters. The maximum absolute atomic E-state index is 12.1. The van der Waals surface area contributed by atoms with Gasteiger partial charge in [-0.15, -0.1) is 0 Å². The number of hydrogen-bond acceptors (Lipinski definition) is 5. The highest BCUT2D eigenvalue weighted by molar-refractivity contribution is 5.81. The molecule has 1 N–H and O–H groups in total. The van der Waals surface area contributed by atoms with Crippen LogP contribution in [0.25, 0.3) is 0 Å². The van der Waals surface area contributed by atoms with Crippen molar-refractivity contribution in [1.29, 1.82) is 0 Å². The zero-order valence-corrected chi connectivity index (χ0v) is 13.1. The molecule has 1 amide bonds. The first-order valence-corrected chi connectivity index (χ1v) is 6.88. The van der Waals surface area contributed by atoms with Crippen LogP contribution in [0.5, 0.6) is 0 Å². The van der Waals surface area contributed by atoms with Gasteiger partial charge in [-0.2, -0.15) is 0 Å². The number of hydrogen-bond donors (Lipinski definition) is 1. The molecular formula is C15H23NO5. The van der Waals surface area contributed by atoms with Crippen LogP contribution in [0.1, 0.15) is 40.2 Å². The van der Waals surface area contributed by atoms with E-state index in [0.29, 0.717) is 0 Å². The van der Waals surface area contributed by atoms with Gasteiger partial charge in [0.05, 0.1) is 18.6 Å². The third-order valence-electron chi connectivity index (χ3n) is 2.35. The van der Waals surface area contributed by atoms with Gasteiger partial charge >= 0.3 is 12.1 Å². The lowest BCUT2D eigenvalue weighted by molar-refractivity contribution is -0.149. The van der Waals surface area contributed by atoms with E-state index in [2.05, 4.69) is 5.32 Å². The SMILES string of the molecule is CC(C)OC(=O)[C@@H](Cc1ccoc1)NC(=O)OC(C)(C)C. The van der Waals surface area contributed by atoms with Gasteiger partial charge in [-0.1, -0.05) is 0 Å². The van der Waals surface area contributed by atoms with Crippen molar-refractivity contribution in [3.63, 3.8) is 0 Å². The Morgan fingerprint density at radius 3 is 2.48 bits per heavy atom. The molecule has 0 radical (unpaired) electrons. The third-order valence-corrected chi connectivity index (χ3v) is 2.35. The third kappa shape index (κ3) is 6.83. The zero-order chi connectivity index (χ0) is 16.0. The van der Waals surface area contributed by atoms with Gasteiger partial charge in [-0.25, -0.2) is 9.59 Å². The Balaban J connectivity index is 2.71. The Labute approximate surface area is 124 Å². The van der Waals surface area contributed by atoms with Crippen LogP contribution in [-0.4, -0.2) is 29.8 Å².